The highest BCUT2D eigenvalue weighted by Crippen LogP contribution is 2.21. The molecule has 0 spiro atoms. The number of aryl methyl sites for hydroxylation is 1. The quantitative estimate of drug-likeness (QED) is 0.231. The van der Waals surface area contributed by atoms with Crippen molar-refractivity contribution in [2.45, 2.75) is 25.2 Å². The minimum Gasteiger partial charge on any atom is -0.370 e. The number of morpholine rings is 1. The van der Waals surface area contributed by atoms with Gasteiger partial charge in [0, 0.05) is 38.4 Å². The number of hydrogen-bond acceptors (Lipinski definition) is 5. The zero-order chi connectivity index (χ0) is 21.4. The standard InChI is InChI=1S/C21H31N5O3S.HI/c1-3-22-21(26-11-12-29-20(16-26)19-14-24-25(2)15-19)23-10-7-13-30(27,28)17-18-8-5-4-6-9-18;/h4-6,8-9,14-15,20H,3,7,10-13,16-17H2,1-2H3,(H,22,23);1H. The van der Waals surface area contributed by atoms with Crippen LogP contribution in [0.3, 0.4) is 0 Å². The van der Waals surface area contributed by atoms with Crippen LogP contribution in [0.2, 0.25) is 0 Å². The fourth-order valence-corrected chi connectivity index (χ4v) is 4.86. The fourth-order valence-electron chi connectivity index (χ4n) is 3.45. The van der Waals surface area contributed by atoms with Gasteiger partial charge in [0.15, 0.2) is 15.8 Å². The summed E-state index contributed by atoms with van der Waals surface area (Å²) in [7, 11) is -1.25. The van der Waals surface area contributed by atoms with Gasteiger partial charge >= 0.3 is 0 Å². The Morgan fingerprint density at radius 3 is 2.77 bits per heavy atom. The summed E-state index contributed by atoms with van der Waals surface area (Å²) in [5, 5.41) is 7.54. The van der Waals surface area contributed by atoms with Crippen molar-refractivity contribution in [3.8, 4) is 0 Å². The second-order valence-corrected chi connectivity index (χ2v) is 9.60. The third-order valence-electron chi connectivity index (χ3n) is 4.90. The van der Waals surface area contributed by atoms with E-state index in [9.17, 15) is 8.42 Å². The molecule has 8 nitrogen and oxygen atoms in total. The molecule has 10 heteroatoms. The van der Waals surface area contributed by atoms with Crippen LogP contribution >= 0.6 is 24.0 Å². The van der Waals surface area contributed by atoms with E-state index in [1.807, 2.05) is 56.7 Å². The van der Waals surface area contributed by atoms with Crippen LogP contribution in [-0.2, 0) is 27.4 Å². The molecule has 1 aromatic carbocycles. The van der Waals surface area contributed by atoms with Gasteiger partial charge in [-0.2, -0.15) is 5.10 Å². The van der Waals surface area contributed by atoms with Crippen molar-refractivity contribution >= 4 is 39.8 Å². The number of nitrogens with zero attached hydrogens (tertiary/aromatic N) is 4. The molecular weight excluding hydrogens is 529 g/mol. The second-order valence-electron chi connectivity index (χ2n) is 7.42. The Labute approximate surface area is 202 Å². The maximum Gasteiger partial charge on any atom is 0.194 e. The predicted octanol–water partition coefficient (Wildman–Crippen LogP) is 2.38. The average molecular weight is 561 g/mol. The van der Waals surface area contributed by atoms with Crippen LogP contribution < -0.4 is 5.32 Å². The number of hydrogen-bond donors (Lipinski definition) is 1. The lowest BCUT2D eigenvalue weighted by molar-refractivity contribution is -0.00803. The molecule has 0 bridgehead atoms. The molecule has 1 aliphatic heterocycles. The van der Waals surface area contributed by atoms with Crippen molar-refractivity contribution in [3.63, 3.8) is 0 Å². The van der Waals surface area contributed by atoms with E-state index >= 15 is 0 Å². The van der Waals surface area contributed by atoms with Crippen LogP contribution in [0.5, 0.6) is 0 Å². The van der Waals surface area contributed by atoms with Crippen molar-refractivity contribution in [2.24, 2.45) is 12.0 Å². The summed E-state index contributed by atoms with van der Waals surface area (Å²) in [6, 6.07) is 9.29. The molecule has 0 aliphatic carbocycles. The van der Waals surface area contributed by atoms with Crippen LogP contribution in [0.15, 0.2) is 47.7 Å². The maximum absolute atomic E-state index is 12.4. The first-order chi connectivity index (χ1) is 14.5. The number of aliphatic imine (C=N–C) groups is 1. The molecule has 1 fully saturated rings. The van der Waals surface area contributed by atoms with Gasteiger partial charge in [0.05, 0.1) is 30.9 Å². The van der Waals surface area contributed by atoms with Gasteiger partial charge in [0.1, 0.15) is 6.10 Å². The van der Waals surface area contributed by atoms with Gasteiger partial charge in [0.25, 0.3) is 0 Å². The van der Waals surface area contributed by atoms with Crippen LogP contribution in [0, 0.1) is 0 Å². The topological polar surface area (TPSA) is 88.8 Å². The number of halogens is 1. The summed E-state index contributed by atoms with van der Waals surface area (Å²) in [6.07, 6.45) is 4.24. The number of benzene rings is 1. The number of sulfone groups is 1. The molecular formula is C21H32IN5O3S. The molecule has 2 heterocycles. The SMILES string of the molecule is CCNC(=NCCCS(=O)(=O)Cc1ccccc1)N1CCOC(c2cnn(C)c2)C1.I. The lowest BCUT2D eigenvalue weighted by Gasteiger charge is -2.34. The number of nitrogens with one attached hydrogen (secondary N) is 1. The molecule has 1 unspecified atom stereocenters. The Kier molecular flexibility index (Phi) is 10.2. The fraction of sp³-hybridized carbons (Fsp3) is 0.524. The van der Waals surface area contributed by atoms with Crippen molar-refractivity contribution in [1.82, 2.24) is 20.0 Å². The Morgan fingerprint density at radius 2 is 2.10 bits per heavy atom. The van der Waals surface area contributed by atoms with E-state index in [4.69, 9.17) is 4.74 Å². The predicted molar refractivity (Wildman–Crippen MR) is 133 cm³/mol. The van der Waals surface area contributed by atoms with Crippen LogP contribution in [-0.4, -0.2) is 67.6 Å². The average Bonchev–Trinajstić information content (AvgIpc) is 3.17. The van der Waals surface area contributed by atoms with Crippen LogP contribution in [0.4, 0.5) is 0 Å². The van der Waals surface area contributed by atoms with E-state index in [0.717, 1.165) is 30.2 Å². The third-order valence-corrected chi connectivity index (χ3v) is 6.59. The number of guanidine groups is 1. The van der Waals surface area contributed by atoms with Crippen LogP contribution in [0.25, 0.3) is 0 Å². The monoisotopic (exact) mass is 561 g/mol. The molecule has 3 rings (SSSR count). The zero-order valence-corrected chi connectivity index (χ0v) is 21.3. The van der Waals surface area contributed by atoms with Gasteiger partial charge in [0.2, 0.25) is 0 Å². The summed E-state index contributed by atoms with van der Waals surface area (Å²) >= 11 is 0. The highest BCUT2D eigenvalue weighted by atomic mass is 127. The molecule has 1 saturated heterocycles. The molecule has 2 aromatic rings. The Balaban J connectivity index is 0.00000341. The third kappa shape index (κ3) is 8.08. The normalized spacial score (nSPS) is 17.3. The summed E-state index contributed by atoms with van der Waals surface area (Å²) in [5.41, 5.74) is 1.87. The summed E-state index contributed by atoms with van der Waals surface area (Å²) in [5.74, 6) is 1.01. The minimum atomic E-state index is -3.14. The molecule has 31 heavy (non-hydrogen) atoms. The minimum absolute atomic E-state index is 0. The molecule has 172 valence electrons. The van der Waals surface area contributed by atoms with E-state index in [-0.39, 0.29) is 41.6 Å². The zero-order valence-electron chi connectivity index (χ0n) is 18.1. The Hall–Kier alpha value is -1.66. The van der Waals surface area contributed by atoms with Gasteiger partial charge in [-0.3, -0.25) is 9.67 Å². The van der Waals surface area contributed by atoms with Gasteiger partial charge in [-0.25, -0.2) is 8.42 Å². The maximum atomic E-state index is 12.4. The number of aromatic nitrogens is 2. The summed E-state index contributed by atoms with van der Waals surface area (Å²) in [6.45, 7) is 5.28. The Bertz CT molecular complexity index is 934. The first-order valence-corrected chi connectivity index (χ1v) is 12.2. The van der Waals surface area contributed by atoms with Crippen LogP contribution in [0.1, 0.15) is 30.6 Å². The van der Waals surface area contributed by atoms with E-state index in [1.54, 1.807) is 4.68 Å². The van der Waals surface area contributed by atoms with Gasteiger partial charge < -0.3 is 15.0 Å². The smallest absolute Gasteiger partial charge is 0.194 e. The molecule has 1 N–H and O–H groups in total. The Morgan fingerprint density at radius 1 is 1.32 bits per heavy atom. The van der Waals surface area contributed by atoms with Gasteiger partial charge in [-0.15, -0.1) is 24.0 Å². The van der Waals surface area contributed by atoms with Crippen molar-refractivity contribution < 1.29 is 13.2 Å². The van der Waals surface area contributed by atoms with Crippen molar-refractivity contribution in [3.05, 3.63) is 53.9 Å². The lowest BCUT2D eigenvalue weighted by Crippen LogP contribution is -2.48. The van der Waals surface area contributed by atoms with Gasteiger partial charge in [-0.05, 0) is 18.9 Å². The number of rotatable bonds is 8. The largest absolute Gasteiger partial charge is 0.370 e. The molecule has 1 aliphatic rings. The highest BCUT2D eigenvalue weighted by molar-refractivity contribution is 14.0. The highest BCUT2D eigenvalue weighted by Gasteiger charge is 2.25. The van der Waals surface area contributed by atoms with E-state index in [1.165, 1.54) is 0 Å². The van der Waals surface area contributed by atoms with Crippen molar-refractivity contribution in [2.75, 3.05) is 38.5 Å². The first-order valence-electron chi connectivity index (χ1n) is 10.3. The summed E-state index contributed by atoms with van der Waals surface area (Å²) in [4.78, 5) is 6.84. The molecule has 0 amide bonds. The van der Waals surface area contributed by atoms with Gasteiger partial charge in [-0.1, -0.05) is 30.3 Å². The molecule has 1 atom stereocenters. The summed E-state index contributed by atoms with van der Waals surface area (Å²) < 4.78 is 32.4. The van der Waals surface area contributed by atoms with E-state index in [0.29, 0.717) is 26.1 Å². The molecule has 1 aromatic heterocycles. The van der Waals surface area contributed by atoms with E-state index in [2.05, 4.69) is 20.3 Å². The first kappa shape index (κ1) is 25.6. The molecule has 0 saturated carbocycles. The molecule has 0 radical (unpaired) electrons. The second kappa shape index (κ2) is 12.4. The van der Waals surface area contributed by atoms with E-state index < -0.39 is 9.84 Å². The van der Waals surface area contributed by atoms with Crippen molar-refractivity contribution in [1.29, 1.82) is 0 Å². The number of ether oxygens (including phenoxy) is 1. The lowest BCUT2D eigenvalue weighted by atomic mass is 10.1.